The molecule has 0 spiro atoms. The number of carbonyl (C=O) groups excluding carboxylic acids is 3. The summed E-state index contributed by atoms with van der Waals surface area (Å²) in [5, 5.41) is 8.04. The Labute approximate surface area is 184 Å². The molecule has 166 valence electrons. The van der Waals surface area contributed by atoms with Crippen molar-refractivity contribution in [1.82, 2.24) is 10.3 Å². The molecule has 2 aromatic carbocycles. The van der Waals surface area contributed by atoms with E-state index in [4.69, 9.17) is 4.74 Å². The summed E-state index contributed by atoms with van der Waals surface area (Å²) in [6, 6.07) is 13.3. The van der Waals surface area contributed by atoms with Crippen LogP contribution in [0.3, 0.4) is 0 Å². The molecule has 1 heterocycles. The molecule has 0 bridgehead atoms. The number of H-pyrrole nitrogens is 1. The molecule has 9 heteroatoms. The van der Waals surface area contributed by atoms with Crippen molar-refractivity contribution >= 4 is 40.2 Å². The zero-order valence-corrected chi connectivity index (χ0v) is 17.7. The molecule has 0 aliphatic carbocycles. The molecular weight excluding hydrogens is 412 g/mol. The minimum atomic E-state index is -0.657. The van der Waals surface area contributed by atoms with Gasteiger partial charge in [-0.1, -0.05) is 32.0 Å². The van der Waals surface area contributed by atoms with Gasteiger partial charge in [0.15, 0.2) is 0 Å². The first kappa shape index (κ1) is 22.5. The van der Waals surface area contributed by atoms with E-state index in [1.807, 2.05) is 13.8 Å². The molecule has 1 aromatic heterocycles. The monoisotopic (exact) mass is 436 g/mol. The molecule has 3 rings (SSSR count). The summed E-state index contributed by atoms with van der Waals surface area (Å²) in [6.45, 7) is 3.82. The van der Waals surface area contributed by atoms with E-state index >= 15 is 0 Å². The molecule has 0 aliphatic rings. The maximum Gasteiger partial charge on any atom is 0.411 e. The van der Waals surface area contributed by atoms with Gasteiger partial charge in [-0.25, -0.2) is 4.79 Å². The Kier molecular flexibility index (Phi) is 7.22. The minimum Gasteiger partial charge on any atom is -0.449 e. The standard InChI is InChI=1S/C23H24N4O5/c1-14(2)13-32-23(31)27-16-7-5-6-15(10-16)26-20(28)12-25-22(30)18-11-24-19-9-4-3-8-17(19)21(18)29/h3-11,14H,12-13H2,1-2H3,(H,24,29)(H,25,30)(H,26,28)(H,27,31). The summed E-state index contributed by atoms with van der Waals surface area (Å²) in [4.78, 5) is 51.8. The highest BCUT2D eigenvalue weighted by Gasteiger charge is 2.14. The zero-order valence-electron chi connectivity index (χ0n) is 17.7. The maximum absolute atomic E-state index is 12.5. The molecule has 0 saturated heterocycles. The Morgan fingerprint density at radius 1 is 1.00 bits per heavy atom. The number of nitrogens with one attached hydrogen (secondary N) is 4. The number of hydrogen-bond donors (Lipinski definition) is 4. The van der Waals surface area contributed by atoms with Crippen molar-refractivity contribution in [2.24, 2.45) is 5.92 Å². The number of para-hydroxylation sites is 1. The summed E-state index contributed by atoms with van der Waals surface area (Å²) in [5.74, 6) is -0.933. The van der Waals surface area contributed by atoms with Crippen LogP contribution in [0.1, 0.15) is 24.2 Å². The van der Waals surface area contributed by atoms with Gasteiger partial charge in [-0.05, 0) is 36.2 Å². The molecule has 0 saturated carbocycles. The van der Waals surface area contributed by atoms with Crippen molar-refractivity contribution in [2.45, 2.75) is 13.8 Å². The first-order chi connectivity index (χ1) is 15.3. The van der Waals surface area contributed by atoms with Crippen LogP contribution in [0.25, 0.3) is 10.9 Å². The number of aromatic nitrogens is 1. The fourth-order valence-electron chi connectivity index (χ4n) is 2.87. The lowest BCUT2D eigenvalue weighted by molar-refractivity contribution is -0.115. The Morgan fingerprint density at radius 2 is 1.72 bits per heavy atom. The van der Waals surface area contributed by atoms with E-state index in [0.29, 0.717) is 28.9 Å². The summed E-state index contributed by atoms with van der Waals surface area (Å²) in [5.41, 5.74) is 0.995. The molecular formula is C23H24N4O5. The van der Waals surface area contributed by atoms with Crippen LogP contribution in [0, 0.1) is 5.92 Å². The van der Waals surface area contributed by atoms with Crippen LogP contribution in [0.4, 0.5) is 16.2 Å². The number of benzene rings is 2. The van der Waals surface area contributed by atoms with Crippen LogP contribution in [0.5, 0.6) is 0 Å². The highest BCUT2D eigenvalue weighted by molar-refractivity contribution is 6.01. The lowest BCUT2D eigenvalue weighted by atomic mass is 10.1. The van der Waals surface area contributed by atoms with Gasteiger partial charge >= 0.3 is 6.09 Å². The van der Waals surface area contributed by atoms with Crippen LogP contribution >= 0.6 is 0 Å². The van der Waals surface area contributed by atoms with Crippen molar-refractivity contribution in [1.29, 1.82) is 0 Å². The second kappa shape index (κ2) is 10.3. The van der Waals surface area contributed by atoms with E-state index in [9.17, 15) is 19.2 Å². The Balaban J connectivity index is 1.56. The predicted octanol–water partition coefficient (Wildman–Crippen LogP) is 3.10. The molecule has 9 nitrogen and oxygen atoms in total. The highest BCUT2D eigenvalue weighted by atomic mass is 16.5. The number of pyridine rings is 1. The van der Waals surface area contributed by atoms with Crippen LogP contribution in [-0.2, 0) is 9.53 Å². The third-order valence-corrected chi connectivity index (χ3v) is 4.38. The van der Waals surface area contributed by atoms with Crippen LogP contribution in [-0.4, -0.2) is 36.0 Å². The Hall–Kier alpha value is -4.14. The van der Waals surface area contributed by atoms with E-state index in [1.54, 1.807) is 48.5 Å². The molecule has 0 atom stereocenters. The second-order valence-corrected chi connectivity index (χ2v) is 7.51. The van der Waals surface area contributed by atoms with Gasteiger partial charge in [0, 0.05) is 28.5 Å². The van der Waals surface area contributed by atoms with E-state index in [2.05, 4.69) is 20.9 Å². The Morgan fingerprint density at radius 3 is 2.47 bits per heavy atom. The van der Waals surface area contributed by atoms with Crippen LogP contribution in [0.15, 0.2) is 59.5 Å². The van der Waals surface area contributed by atoms with Crippen molar-refractivity contribution in [2.75, 3.05) is 23.8 Å². The lowest BCUT2D eigenvalue weighted by Gasteiger charge is -2.11. The topological polar surface area (TPSA) is 129 Å². The van der Waals surface area contributed by atoms with Crippen LogP contribution < -0.4 is 21.4 Å². The number of aromatic amines is 1. The number of fused-ring (bicyclic) bond motifs is 1. The minimum absolute atomic E-state index is 0.0809. The number of carbonyl (C=O) groups is 3. The van der Waals surface area contributed by atoms with E-state index in [1.165, 1.54) is 6.20 Å². The van der Waals surface area contributed by atoms with Gasteiger partial charge in [-0.3, -0.25) is 19.7 Å². The van der Waals surface area contributed by atoms with E-state index in [0.717, 1.165) is 0 Å². The van der Waals surface area contributed by atoms with Crippen molar-refractivity contribution < 1.29 is 19.1 Å². The zero-order chi connectivity index (χ0) is 23.1. The number of amides is 3. The Bertz CT molecular complexity index is 1200. The molecule has 32 heavy (non-hydrogen) atoms. The molecule has 4 N–H and O–H groups in total. The number of ether oxygens (including phenoxy) is 1. The third kappa shape index (κ3) is 5.94. The number of rotatable bonds is 7. The molecule has 0 aliphatic heterocycles. The summed E-state index contributed by atoms with van der Waals surface area (Å²) < 4.78 is 5.06. The average Bonchev–Trinajstić information content (AvgIpc) is 2.77. The SMILES string of the molecule is CC(C)COC(=O)Nc1cccc(NC(=O)CNC(=O)c2c[nH]c3ccccc3c2=O)c1. The fourth-order valence-corrected chi connectivity index (χ4v) is 2.87. The quantitative estimate of drug-likeness (QED) is 0.452. The van der Waals surface area contributed by atoms with Crippen molar-refractivity contribution in [3.8, 4) is 0 Å². The first-order valence-electron chi connectivity index (χ1n) is 10.1. The summed E-state index contributed by atoms with van der Waals surface area (Å²) in [7, 11) is 0. The predicted molar refractivity (Wildman–Crippen MR) is 122 cm³/mol. The van der Waals surface area contributed by atoms with E-state index in [-0.39, 0.29) is 18.0 Å². The van der Waals surface area contributed by atoms with Gasteiger partial charge in [0.2, 0.25) is 11.3 Å². The lowest BCUT2D eigenvalue weighted by Crippen LogP contribution is -2.35. The largest absolute Gasteiger partial charge is 0.449 e. The molecule has 0 unspecified atom stereocenters. The molecule has 3 aromatic rings. The molecule has 0 radical (unpaired) electrons. The van der Waals surface area contributed by atoms with Crippen LogP contribution in [0.2, 0.25) is 0 Å². The highest BCUT2D eigenvalue weighted by Crippen LogP contribution is 2.15. The molecule has 3 amide bonds. The smallest absolute Gasteiger partial charge is 0.411 e. The third-order valence-electron chi connectivity index (χ3n) is 4.38. The van der Waals surface area contributed by atoms with Crippen molar-refractivity contribution in [3.63, 3.8) is 0 Å². The van der Waals surface area contributed by atoms with Gasteiger partial charge in [0.25, 0.3) is 5.91 Å². The first-order valence-corrected chi connectivity index (χ1v) is 10.1. The van der Waals surface area contributed by atoms with Gasteiger partial charge in [-0.2, -0.15) is 0 Å². The fraction of sp³-hybridized carbons (Fsp3) is 0.217. The van der Waals surface area contributed by atoms with Gasteiger partial charge in [-0.15, -0.1) is 0 Å². The molecule has 0 fully saturated rings. The van der Waals surface area contributed by atoms with Gasteiger partial charge in [0.05, 0.1) is 13.2 Å². The summed E-state index contributed by atoms with van der Waals surface area (Å²) >= 11 is 0. The summed E-state index contributed by atoms with van der Waals surface area (Å²) in [6.07, 6.45) is 0.737. The maximum atomic E-state index is 12.5. The normalized spacial score (nSPS) is 10.6. The van der Waals surface area contributed by atoms with Gasteiger partial charge < -0.3 is 20.4 Å². The second-order valence-electron chi connectivity index (χ2n) is 7.51. The number of anilines is 2. The van der Waals surface area contributed by atoms with E-state index < -0.39 is 23.3 Å². The van der Waals surface area contributed by atoms with Crippen molar-refractivity contribution in [3.05, 3.63) is 70.5 Å². The van der Waals surface area contributed by atoms with Gasteiger partial charge in [0.1, 0.15) is 5.56 Å². The average molecular weight is 436 g/mol. The number of hydrogen-bond acceptors (Lipinski definition) is 5.